The first-order valence-corrected chi connectivity index (χ1v) is 6.28. The van der Waals surface area contributed by atoms with E-state index in [-0.39, 0.29) is 28.9 Å². The molecule has 0 spiro atoms. The minimum atomic E-state index is -0.307. The van der Waals surface area contributed by atoms with Crippen molar-refractivity contribution in [3.8, 4) is 11.5 Å². The van der Waals surface area contributed by atoms with Crippen LogP contribution in [0.3, 0.4) is 0 Å². The van der Waals surface area contributed by atoms with Crippen LogP contribution in [0.1, 0.15) is 37.6 Å². The molecule has 1 atom stereocenters. The number of carbonyl (C=O) groups excluding carboxylic acids is 1. The monoisotopic (exact) mass is 266 g/mol. The van der Waals surface area contributed by atoms with E-state index in [1.54, 1.807) is 0 Å². The molecule has 0 heterocycles. The van der Waals surface area contributed by atoms with Gasteiger partial charge in [-0.25, -0.2) is 0 Å². The Morgan fingerprint density at radius 3 is 2.42 bits per heavy atom. The zero-order chi connectivity index (χ0) is 14.6. The van der Waals surface area contributed by atoms with Gasteiger partial charge in [0.05, 0.1) is 0 Å². The lowest BCUT2D eigenvalue weighted by Gasteiger charge is -2.31. The van der Waals surface area contributed by atoms with Gasteiger partial charge in [-0.15, -0.1) is 0 Å². The minimum Gasteiger partial charge on any atom is -0.504 e. The highest BCUT2D eigenvalue weighted by atomic mass is 16.3. The van der Waals surface area contributed by atoms with Crippen LogP contribution in [0.5, 0.6) is 11.5 Å². The average Bonchev–Trinajstić information content (AvgIpc) is 2.30. The summed E-state index contributed by atoms with van der Waals surface area (Å²) in [4.78, 5) is 12.1. The van der Waals surface area contributed by atoms with Crippen molar-refractivity contribution in [1.82, 2.24) is 5.32 Å². The van der Waals surface area contributed by atoms with Gasteiger partial charge in [-0.1, -0.05) is 20.8 Å². The zero-order valence-corrected chi connectivity index (χ0v) is 11.6. The molecule has 106 valence electrons. The number of benzene rings is 1. The van der Waals surface area contributed by atoms with Crippen LogP contribution >= 0.6 is 0 Å². The smallest absolute Gasteiger partial charge is 0.251 e. The molecule has 0 aromatic heterocycles. The molecular formula is C14H22N2O3. The molecule has 0 aliphatic carbocycles. The highest BCUT2D eigenvalue weighted by Crippen LogP contribution is 2.26. The maximum atomic E-state index is 12.1. The number of phenolic OH excluding ortho intramolecular Hbond substituents is 2. The van der Waals surface area contributed by atoms with Gasteiger partial charge in [0.2, 0.25) is 0 Å². The fourth-order valence-corrected chi connectivity index (χ4v) is 1.79. The predicted molar refractivity (Wildman–Crippen MR) is 74.2 cm³/mol. The van der Waals surface area contributed by atoms with Crippen LogP contribution in [0.4, 0.5) is 0 Å². The van der Waals surface area contributed by atoms with E-state index in [4.69, 9.17) is 5.73 Å². The van der Waals surface area contributed by atoms with Gasteiger partial charge in [-0.2, -0.15) is 0 Å². The van der Waals surface area contributed by atoms with Gasteiger partial charge in [0, 0.05) is 11.6 Å². The van der Waals surface area contributed by atoms with E-state index in [0.29, 0.717) is 18.5 Å². The zero-order valence-electron chi connectivity index (χ0n) is 11.6. The van der Waals surface area contributed by atoms with Crippen molar-refractivity contribution < 1.29 is 15.0 Å². The summed E-state index contributed by atoms with van der Waals surface area (Å²) in [6, 6.07) is 3.94. The van der Waals surface area contributed by atoms with Gasteiger partial charge < -0.3 is 21.3 Å². The summed E-state index contributed by atoms with van der Waals surface area (Å²) in [6.07, 6.45) is 0.680. The van der Waals surface area contributed by atoms with Crippen LogP contribution in [0, 0.1) is 5.41 Å². The van der Waals surface area contributed by atoms with Gasteiger partial charge in [0.25, 0.3) is 5.91 Å². The molecule has 0 aliphatic heterocycles. The second-order valence-electron chi connectivity index (χ2n) is 5.67. The van der Waals surface area contributed by atoms with Crippen molar-refractivity contribution in [2.75, 3.05) is 6.54 Å². The molecular weight excluding hydrogens is 244 g/mol. The molecule has 0 bridgehead atoms. The molecule has 1 amide bonds. The maximum Gasteiger partial charge on any atom is 0.251 e. The van der Waals surface area contributed by atoms with Crippen LogP contribution in [0.25, 0.3) is 0 Å². The summed E-state index contributed by atoms with van der Waals surface area (Å²) in [5.41, 5.74) is 5.76. The van der Waals surface area contributed by atoms with Crippen LogP contribution < -0.4 is 11.1 Å². The molecule has 5 nitrogen and oxygen atoms in total. The van der Waals surface area contributed by atoms with E-state index in [9.17, 15) is 15.0 Å². The Kier molecular flexibility index (Phi) is 4.78. The second kappa shape index (κ2) is 5.93. The van der Waals surface area contributed by atoms with Crippen molar-refractivity contribution in [2.45, 2.75) is 33.2 Å². The largest absolute Gasteiger partial charge is 0.504 e. The van der Waals surface area contributed by atoms with Crippen molar-refractivity contribution in [3.63, 3.8) is 0 Å². The SMILES string of the molecule is CC(C)(C)C(CCN)NC(=O)c1ccc(O)c(O)c1. The van der Waals surface area contributed by atoms with Crippen LogP contribution in [0.2, 0.25) is 0 Å². The molecule has 0 saturated carbocycles. The van der Waals surface area contributed by atoms with Crippen molar-refractivity contribution >= 4 is 5.91 Å². The van der Waals surface area contributed by atoms with Gasteiger partial charge in [0.1, 0.15) is 0 Å². The number of hydrogen-bond acceptors (Lipinski definition) is 4. The topological polar surface area (TPSA) is 95.6 Å². The number of carbonyl (C=O) groups is 1. The molecule has 1 rings (SSSR count). The fraction of sp³-hybridized carbons (Fsp3) is 0.500. The highest BCUT2D eigenvalue weighted by Gasteiger charge is 2.26. The van der Waals surface area contributed by atoms with Gasteiger partial charge in [-0.05, 0) is 36.6 Å². The fourth-order valence-electron chi connectivity index (χ4n) is 1.79. The summed E-state index contributed by atoms with van der Waals surface area (Å²) in [6.45, 7) is 6.58. The Hall–Kier alpha value is -1.75. The summed E-state index contributed by atoms with van der Waals surface area (Å²) in [7, 11) is 0. The Morgan fingerprint density at radius 1 is 1.32 bits per heavy atom. The Labute approximate surface area is 113 Å². The second-order valence-corrected chi connectivity index (χ2v) is 5.67. The third-order valence-corrected chi connectivity index (χ3v) is 3.04. The van der Waals surface area contributed by atoms with E-state index >= 15 is 0 Å². The van der Waals surface area contributed by atoms with Crippen molar-refractivity contribution in [3.05, 3.63) is 23.8 Å². The number of aromatic hydroxyl groups is 2. The molecule has 0 radical (unpaired) electrons. The number of amides is 1. The van der Waals surface area contributed by atoms with Gasteiger partial charge in [-0.3, -0.25) is 4.79 Å². The first-order valence-electron chi connectivity index (χ1n) is 6.28. The number of hydrogen-bond donors (Lipinski definition) is 4. The van der Waals surface area contributed by atoms with Crippen LogP contribution in [-0.2, 0) is 0 Å². The molecule has 19 heavy (non-hydrogen) atoms. The van der Waals surface area contributed by atoms with Gasteiger partial charge in [0.15, 0.2) is 11.5 Å². The predicted octanol–water partition coefficient (Wildman–Crippen LogP) is 1.59. The average molecular weight is 266 g/mol. The standard InChI is InChI=1S/C14H22N2O3/c1-14(2,3)12(6-7-15)16-13(19)9-4-5-10(17)11(18)8-9/h4-5,8,12,17-18H,6-7,15H2,1-3H3,(H,16,19). The molecule has 1 unspecified atom stereocenters. The molecule has 0 fully saturated rings. The van der Waals surface area contributed by atoms with E-state index in [2.05, 4.69) is 5.32 Å². The maximum absolute atomic E-state index is 12.1. The molecule has 1 aromatic carbocycles. The molecule has 0 saturated heterocycles. The summed E-state index contributed by atoms with van der Waals surface area (Å²) in [5.74, 6) is -0.840. The lowest BCUT2D eigenvalue weighted by molar-refractivity contribution is 0.0898. The minimum absolute atomic E-state index is 0.0547. The lowest BCUT2D eigenvalue weighted by atomic mass is 9.84. The summed E-state index contributed by atoms with van der Waals surface area (Å²) >= 11 is 0. The van der Waals surface area contributed by atoms with Crippen LogP contribution in [-0.4, -0.2) is 28.7 Å². The molecule has 5 heteroatoms. The van der Waals surface area contributed by atoms with Crippen LogP contribution in [0.15, 0.2) is 18.2 Å². The number of nitrogens with two attached hydrogens (primary N) is 1. The summed E-state index contributed by atoms with van der Waals surface area (Å²) < 4.78 is 0. The van der Waals surface area contributed by atoms with E-state index in [1.807, 2.05) is 20.8 Å². The third-order valence-electron chi connectivity index (χ3n) is 3.04. The van der Waals surface area contributed by atoms with Crippen molar-refractivity contribution in [1.29, 1.82) is 0 Å². The first-order chi connectivity index (χ1) is 8.75. The van der Waals surface area contributed by atoms with E-state index < -0.39 is 0 Å². The number of phenols is 2. The Balaban J connectivity index is 2.84. The molecule has 0 aliphatic rings. The van der Waals surface area contributed by atoms with E-state index in [0.717, 1.165) is 0 Å². The Morgan fingerprint density at radius 2 is 1.95 bits per heavy atom. The summed E-state index contributed by atoms with van der Waals surface area (Å²) in [5, 5.41) is 21.5. The number of rotatable bonds is 4. The lowest BCUT2D eigenvalue weighted by Crippen LogP contribution is -2.44. The normalized spacial score (nSPS) is 13.1. The third kappa shape index (κ3) is 4.13. The number of nitrogens with one attached hydrogen (secondary N) is 1. The van der Waals surface area contributed by atoms with E-state index in [1.165, 1.54) is 18.2 Å². The molecule has 1 aromatic rings. The van der Waals surface area contributed by atoms with Gasteiger partial charge >= 0.3 is 0 Å². The van der Waals surface area contributed by atoms with Crippen molar-refractivity contribution in [2.24, 2.45) is 11.1 Å². The first kappa shape index (κ1) is 15.3. The molecule has 5 N–H and O–H groups in total. The Bertz CT molecular complexity index is 452. The quantitative estimate of drug-likeness (QED) is 0.622. The highest BCUT2D eigenvalue weighted by molar-refractivity contribution is 5.95.